The summed E-state index contributed by atoms with van der Waals surface area (Å²) in [5, 5.41) is 0. The van der Waals surface area contributed by atoms with Gasteiger partial charge in [-0.2, -0.15) is 0 Å². The van der Waals surface area contributed by atoms with Crippen molar-refractivity contribution in [3.8, 4) is 11.5 Å². The second-order valence-corrected chi connectivity index (χ2v) is 4.58. The number of rotatable bonds is 6. The molecule has 106 valence electrons. The summed E-state index contributed by atoms with van der Waals surface area (Å²) in [5.41, 5.74) is 6.13. The highest BCUT2D eigenvalue weighted by molar-refractivity contribution is 5.71. The molecule has 5 nitrogen and oxygen atoms in total. The highest BCUT2D eigenvalue weighted by Gasteiger charge is 2.32. The summed E-state index contributed by atoms with van der Waals surface area (Å²) in [5.74, 6) is 1.07. The molecule has 0 aliphatic heterocycles. The molecule has 0 fully saturated rings. The molecular formula is C14H21NO4. The van der Waals surface area contributed by atoms with Gasteiger partial charge in [0, 0.05) is 17.5 Å². The Morgan fingerprint density at radius 2 is 1.95 bits per heavy atom. The molecule has 1 aromatic rings. The van der Waals surface area contributed by atoms with Crippen molar-refractivity contribution in [3.63, 3.8) is 0 Å². The van der Waals surface area contributed by atoms with Crippen LogP contribution in [0.2, 0.25) is 0 Å². The molecule has 0 amide bonds. The van der Waals surface area contributed by atoms with Crippen molar-refractivity contribution >= 4 is 5.97 Å². The Hall–Kier alpha value is -1.75. The summed E-state index contributed by atoms with van der Waals surface area (Å²) in [6, 6.07) is 5.45. The fraction of sp³-hybridized carbons (Fsp3) is 0.500. The first-order valence-electron chi connectivity index (χ1n) is 6.00. The van der Waals surface area contributed by atoms with Gasteiger partial charge in [-0.05, 0) is 18.2 Å². The number of hydrogen-bond acceptors (Lipinski definition) is 5. The Bertz CT molecular complexity index is 447. The Kier molecular flexibility index (Phi) is 5.18. The molecule has 1 aromatic carbocycles. The van der Waals surface area contributed by atoms with Gasteiger partial charge >= 0.3 is 5.97 Å². The van der Waals surface area contributed by atoms with Gasteiger partial charge in [-0.1, -0.05) is 6.92 Å². The number of benzene rings is 1. The molecule has 0 radical (unpaired) electrons. The number of carbonyl (C=O) groups is 1. The second-order valence-electron chi connectivity index (χ2n) is 4.58. The third-order valence-corrected chi connectivity index (χ3v) is 3.27. The SMILES string of the molecule is COC(=O)CC(C)(CN)c1cc(OC)ccc1OC. The van der Waals surface area contributed by atoms with Crippen LogP contribution < -0.4 is 15.2 Å². The van der Waals surface area contributed by atoms with Crippen molar-refractivity contribution in [2.45, 2.75) is 18.8 Å². The van der Waals surface area contributed by atoms with Crippen molar-refractivity contribution in [2.24, 2.45) is 5.73 Å². The Morgan fingerprint density at radius 1 is 1.26 bits per heavy atom. The van der Waals surface area contributed by atoms with E-state index in [0.717, 1.165) is 5.56 Å². The maximum absolute atomic E-state index is 11.6. The minimum absolute atomic E-state index is 0.184. The summed E-state index contributed by atoms with van der Waals surface area (Å²) in [6.07, 6.45) is 0.184. The van der Waals surface area contributed by atoms with Crippen LogP contribution in [0.4, 0.5) is 0 Å². The van der Waals surface area contributed by atoms with Crippen molar-refractivity contribution < 1.29 is 19.0 Å². The number of nitrogens with two attached hydrogens (primary N) is 1. The predicted molar refractivity (Wildman–Crippen MR) is 72.6 cm³/mol. The van der Waals surface area contributed by atoms with E-state index in [1.807, 2.05) is 13.0 Å². The zero-order valence-corrected chi connectivity index (χ0v) is 11.9. The molecule has 19 heavy (non-hydrogen) atoms. The van der Waals surface area contributed by atoms with Crippen LogP contribution >= 0.6 is 0 Å². The molecule has 0 aliphatic rings. The predicted octanol–water partition coefficient (Wildman–Crippen LogP) is 1.48. The number of esters is 1. The van der Waals surface area contributed by atoms with Gasteiger partial charge in [0.2, 0.25) is 0 Å². The van der Waals surface area contributed by atoms with E-state index >= 15 is 0 Å². The molecule has 1 rings (SSSR count). The lowest BCUT2D eigenvalue weighted by Crippen LogP contribution is -2.35. The third-order valence-electron chi connectivity index (χ3n) is 3.27. The van der Waals surface area contributed by atoms with Crippen LogP contribution in [0.5, 0.6) is 11.5 Å². The van der Waals surface area contributed by atoms with Crippen molar-refractivity contribution in [2.75, 3.05) is 27.9 Å². The lowest BCUT2D eigenvalue weighted by atomic mass is 9.79. The summed E-state index contributed by atoms with van der Waals surface area (Å²) in [6.45, 7) is 2.20. The largest absolute Gasteiger partial charge is 0.497 e. The number of carbonyl (C=O) groups excluding carboxylic acids is 1. The second kappa shape index (κ2) is 6.43. The fourth-order valence-corrected chi connectivity index (χ4v) is 1.95. The van der Waals surface area contributed by atoms with E-state index in [9.17, 15) is 4.79 Å². The summed E-state index contributed by atoms with van der Waals surface area (Å²) < 4.78 is 15.3. The molecule has 1 atom stereocenters. The van der Waals surface area contributed by atoms with Crippen LogP contribution in [-0.4, -0.2) is 33.8 Å². The maximum atomic E-state index is 11.6. The zero-order valence-electron chi connectivity index (χ0n) is 11.9. The minimum atomic E-state index is -0.563. The van der Waals surface area contributed by atoms with Crippen LogP contribution in [0.1, 0.15) is 18.9 Å². The zero-order chi connectivity index (χ0) is 14.5. The van der Waals surface area contributed by atoms with Crippen molar-refractivity contribution in [1.29, 1.82) is 0 Å². The smallest absolute Gasteiger partial charge is 0.306 e. The van der Waals surface area contributed by atoms with Gasteiger partial charge in [0.05, 0.1) is 27.8 Å². The molecule has 0 heterocycles. The fourth-order valence-electron chi connectivity index (χ4n) is 1.95. The standard InChI is InChI=1S/C14H21NO4/c1-14(9-15,8-13(16)19-4)11-7-10(17-2)5-6-12(11)18-3/h5-7H,8-9,15H2,1-4H3. The molecule has 0 aromatic heterocycles. The first-order chi connectivity index (χ1) is 9.00. The van der Waals surface area contributed by atoms with Crippen LogP contribution in [0.3, 0.4) is 0 Å². The van der Waals surface area contributed by atoms with Crippen molar-refractivity contribution in [3.05, 3.63) is 23.8 Å². The molecule has 2 N–H and O–H groups in total. The van der Waals surface area contributed by atoms with Crippen LogP contribution in [0.15, 0.2) is 18.2 Å². The van der Waals surface area contributed by atoms with Crippen molar-refractivity contribution in [1.82, 2.24) is 0 Å². The molecule has 0 aliphatic carbocycles. The first kappa shape index (κ1) is 15.3. The van der Waals surface area contributed by atoms with Gasteiger partial charge in [-0.25, -0.2) is 0 Å². The molecule has 0 bridgehead atoms. The van der Waals surface area contributed by atoms with E-state index in [4.69, 9.17) is 19.9 Å². The summed E-state index contributed by atoms with van der Waals surface area (Å²) in [4.78, 5) is 11.6. The normalized spacial score (nSPS) is 13.5. The van der Waals surface area contributed by atoms with Gasteiger partial charge in [0.1, 0.15) is 11.5 Å². The number of methoxy groups -OCH3 is 3. The Labute approximate surface area is 113 Å². The van der Waals surface area contributed by atoms with Crippen LogP contribution in [0.25, 0.3) is 0 Å². The lowest BCUT2D eigenvalue weighted by molar-refractivity contribution is -0.141. The Morgan fingerprint density at radius 3 is 2.42 bits per heavy atom. The molecule has 1 unspecified atom stereocenters. The molecule has 0 spiro atoms. The summed E-state index contributed by atoms with van der Waals surface area (Å²) in [7, 11) is 4.54. The molecular weight excluding hydrogens is 246 g/mol. The van der Waals surface area contributed by atoms with Crippen LogP contribution in [0, 0.1) is 0 Å². The van der Waals surface area contributed by atoms with E-state index in [-0.39, 0.29) is 12.4 Å². The highest BCUT2D eigenvalue weighted by Crippen LogP contribution is 2.36. The van der Waals surface area contributed by atoms with Gasteiger partial charge < -0.3 is 19.9 Å². The quantitative estimate of drug-likeness (QED) is 0.791. The third kappa shape index (κ3) is 3.38. The van der Waals surface area contributed by atoms with E-state index in [2.05, 4.69) is 0 Å². The first-order valence-corrected chi connectivity index (χ1v) is 6.00. The van der Waals surface area contributed by atoms with Gasteiger partial charge in [-0.3, -0.25) is 4.79 Å². The van der Waals surface area contributed by atoms with E-state index in [1.165, 1.54) is 7.11 Å². The molecule has 0 saturated heterocycles. The monoisotopic (exact) mass is 267 g/mol. The average molecular weight is 267 g/mol. The average Bonchev–Trinajstić information content (AvgIpc) is 2.46. The maximum Gasteiger partial charge on any atom is 0.306 e. The number of hydrogen-bond donors (Lipinski definition) is 1. The number of ether oxygens (including phenoxy) is 3. The minimum Gasteiger partial charge on any atom is -0.497 e. The van der Waals surface area contributed by atoms with Gasteiger partial charge in [0.25, 0.3) is 0 Å². The van der Waals surface area contributed by atoms with E-state index < -0.39 is 5.41 Å². The van der Waals surface area contributed by atoms with E-state index in [0.29, 0.717) is 18.0 Å². The summed E-state index contributed by atoms with van der Waals surface area (Å²) >= 11 is 0. The Balaban J connectivity index is 3.24. The van der Waals surface area contributed by atoms with Gasteiger partial charge in [-0.15, -0.1) is 0 Å². The van der Waals surface area contributed by atoms with E-state index in [1.54, 1.807) is 26.4 Å². The molecule has 5 heteroatoms. The van der Waals surface area contributed by atoms with Gasteiger partial charge in [0.15, 0.2) is 0 Å². The highest BCUT2D eigenvalue weighted by atomic mass is 16.5. The lowest BCUT2D eigenvalue weighted by Gasteiger charge is -2.29. The molecule has 0 saturated carbocycles. The van der Waals surface area contributed by atoms with Crippen LogP contribution in [-0.2, 0) is 14.9 Å². The topological polar surface area (TPSA) is 70.8 Å².